The predicted molar refractivity (Wildman–Crippen MR) is 84.6 cm³/mol. The highest BCUT2D eigenvalue weighted by atomic mass is 19.1. The van der Waals surface area contributed by atoms with Crippen LogP contribution in [-0.4, -0.2) is 20.6 Å². The van der Waals surface area contributed by atoms with Crippen molar-refractivity contribution in [2.75, 3.05) is 25.5 Å². The first kappa shape index (κ1) is 15.3. The van der Waals surface area contributed by atoms with E-state index in [1.807, 2.05) is 56.3 Å². The number of hydrogen-bond donors (Lipinski definition) is 1. The lowest BCUT2D eigenvalue weighted by molar-refractivity contribution is 0.475. The fourth-order valence-electron chi connectivity index (χ4n) is 2.01. The quantitative estimate of drug-likeness (QED) is 0.875. The summed E-state index contributed by atoms with van der Waals surface area (Å²) in [5, 5.41) is 3.18. The first-order valence-corrected chi connectivity index (χ1v) is 7.04. The molecule has 2 aromatic rings. The molecule has 0 bridgehead atoms. The topological polar surface area (TPSA) is 24.5 Å². The first-order valence-electron chi connectivity index (χ1n) is 7.04. The number of ether oxygens (including phenoxy) is 1. The van der Waals surface area contributed by atoms with Gasteiger partial charge in [-0.2, -0.15) is 0 Å². The molecule has 0 aliphatic carbocycles. The van der Waals surface area contributed by atoms with E-state index in [1.165, 1.54) is 12.1 Å². The maximum Gasteiger partial charge on any atom is 0.130 e. The van der Waals surface area contributed by atoms with Gasteiger partial charge < -0.3 is 15.0 Å². The molecule has 0 atom stereocenters. The Balaban J connectivity index is 2.18. The molecule has 0 unspecified atom stereocenters. The molecule has 0 spiro atoms. The molecule has 0 aliphatic rings. The number of benzene rings is 2. The highest BCUT2D eigenvalue weighted by Gasteiger charge is 2.04. The Hall–Kier alpha value is -2.07. The summed E-state index contributed by atoms with van der Waals surface area (Å²) in [4.78, 5) is 2.00. The van der Waals surface area contributed by atoms with Crippen molar-refractivity contribution in [1.82, 2.24) is 5.32 Å². The average molecular weight is 288 g/mol. The second-order valence-electron chi connectivity index (χ2n) is 5.07. The van der Waals surface area contributed by atoms with Crippen LogP contribution in [0.4, 0.5) is 10.1 Å². The number of rotatable bonds is 6. The molecule has 0 amide bonds. The molecule has 1 N–H and O–H groups in total. The normalized spacial score (nSPS) is 10.5. The van der Waals surface area contributed by atoms with Crippen LogP contribution >= 0.6 is 0 Å². The monoisotopic (exact) mass is 288 g/mol. The van der Waals surface area contributed by atoms with Crippen molar-refractivity contribution in [3.8, 4) is 11.5 Å². The van der Waals surface area contributed by atoms with Crippen LogP contribution in [-0.2, 0) is 6.54 Å². The van der Waals surface area contributed by atoms with E-state index in [0.717, 1.165) is 17.8 Å². The molecule has 21 heavy (non-hydrogen) atoms. The average Bonchev–Trinajstić information content (AvgIpc) is 2.45. The summed E-state index contributed by atoms with van der Waals surface area (Å²) in [6.07, 6.45) is 0. The zero-order chi connectivity index (χ0) is 15.2. The smallest absolute Gasteiger partial charge is 0.130 e. The van der Waals surface area contributed by atoms with Crippen molar-refractivity contribution in [2.45, 2.75) is 13.5 Å². The van der Waals surface area contributed by atoms with Gasteiger partial charge in [-0.15, -0.1) is 0 Å². The van der Waals surface area contributed by atoms with Crippen LogP contribution in [0.5, 0.6) is 11.5 Å². The van der Waals surface area contributed by atoms with Crippen molar-refractivity contribution in [1.29, 1.82) is 0 Å². The van der Waals surface area contributed by atoms with Crippen LogP contribution in [0.3, 0.4) is 0 Å². The number of nitrogens with one attached hydrogen (secondary N) is 1. The largest absolute Gasteiger partial charge is 0.457 e. The molecule has 3 nitrogen and oxygen atoms in total. The SMILES string of the molecule is CCNCc1cc(F)cc(Oc2cccc(N(C)C)c2)c1. The molecule has 0 radical (unpaired) electrons. The van der Waals surface area contributed by atoms with E-state index in [9.17, 15) is 4.39 Å². The molecule has 0 heterocycles. The molecule has 0 saturated carbocycles. The van der Waals surface area contributed by atoms with Gasteiger partial charge in [0.15, 0.2) is 0 Å². The van der Waals surface area contributed by atoms with Crippen molar-refractivity contribution >= 4 is 5.69 Å². The van der Waals surface area contributed by atoms with Gasteiger partial charge in [0, 0.05) is 38.5 Å². The Morgan fingerprint density at radius 3 is 2.62 bits per heavy atom. The maximum absolute atomic E-state index is 13.6. The lowest BCUT2D eigenvalue weighted by Gasteiger charge is -2.14. The van der Waals surface area contributed by atoms with E-state index in [2.05, 4.69) is 5.32 Å². The van der Waals surface area contributed by atoms with Crippen LogP contribution in [0.1, 0.15) is 12.5 Å². The summed E-state index contributed by atoms with van der Waals surface area (Å²) in [6, 6.07) is 12.5. The maximum atomic E-state index is 13.6. The molecule has 2 aromatic carbocycles. The van der Waals surface area contributed by atoms with Crippen LogP contribution in [0.2, 0.25) is 0 Å². The third kappa shape index (κ3) is 4.46. The van der Waals surface area contributed by atoms with Gasteiger partial charge in [0.2, 0.25) is 0 Å². The number of nitrogens with zero attached hydrogens (tertiary/aromatic N) is 1. The number of hydrogen-bond acceptors (Lipinski definition) is 3. The van der Waals surface area contributed by atoms with Gasteiger partial charge in [-0.1, -0.05) is 13.0 Å². The molecule has 0 saturated heterocycles. The Bertz CT molecular complexity index is 599. The fraction of sp³-hybridized carbons (Fsp3) is 0.294. The summed E-state index contributed by atoms with van der Waals surface area (Å²) in [7, 11) is 3.94. The lowest BCUT2D eigenvalue weighted by Crippen LogP contribution is -2.11. The van der Waals surface area contributed by atoms with Crippen molar-refractivity contribution < 1.29 is 9.13 Å². The standard InChI is InChI=1S/C17H21FN2O/c1-4-19-12-13-8-14(18)10-17(9-13)21-16-7-5-6-15(11-16)20(2)3/h5-11,19H,4,12H2,1-3H3. The van der Waals surface area contributed by atoms with Gasteiger partial charge in [-0.3, -0.25) is 0 Å². The second kappa shape index (κ2) is 7.09. The third-order valence-corrected chi connectivity index (χ3v) is 3.08. The van der Waals surface area contributed by atoms with Gasteiger partial charge in [0.1, 0.15) is 17.3 Å². The highest BCUT2D eigenvalue weighted by Crippen LogP contribution is 2.26. The summed E-state index contributed by atoms with van der Waals surface area (Å²) in [5.41, 5.74) is 1.91. The second-order valence-corrected chi connectivity index (χ2v) is 5.07. The predicted octanol–water partition coefficient (Wildman–Crippen LogP) is 3.79. The summed E-state index contributed by atoms with van der Waals surface area (Å²) >= 11 is 0. The molecule has 112 valence electrons. The van der Waals surface area contributed by atoms with Gasteiger partial charge in [-0.05, 0) is 36.4 Å². The van der Waals surface area contributed by atoms with E-state index in [1.54, 1.807) is 0 Å². The Labute approximate surface area is 125 Å². The van der Waals surface area contributed by atoms with E-state index in [4.69, 9.17) is 4.74 Å². The third-order valence-electron chi connectivity index (χ3n) is 3.08. The molecular weight excluding hydrogens is 267 g/mol. The molecular formula is C17H21FN2O. The molecule has 2 rings (SSSR count). The first-order chi connectivity index (χ1) is 10.1. The number of halogens is 1. The lowest BCUT2D eigenvalue weighted by atomic mass is 10.2. The van der Waals surface area contributed by atoms with E-state index >= 15 is 0 Å². The highest BCUT2D eigenvalue weighted by molar-refractivity contribution is 5.50. The van der Waals surface area contributed by atoms with Gasteiger partial charge in [0.25, 0.3) is 0 Å². The fourth-order valence-corrected chi connectivity index (χ4v) is 2.01. The van der Waals surface area contributed by atoms with Crippen LogP contribution in [0.25, 0.3) is 0 Å². The summed E-state index contributed by atoms with van der Waals surface area (Å²) < 4.78 is 19.4. The van der Waals surface area contributed by atoms with Crippen molar-refractivity contribution in [2.24, 2.45) is 0 Å². The minimum absolute atomic E-state index is 0.288. The van der Waals surface area contributed by atoms with Crippen LogP contribution in [0.15, 0.2) is 42.5 Å². The van der Waals surface area contributed by atoms with Gasteiger partial charge >= 0.3 is 0 Å². The molecule has 4 heteroatoms. The van der Waals surface area contributed by atoms with E-state index < -0.39 is 0 Å². The number of anilines is 1. The summed E-state index contributed by atoms with van der Waals surface area (Å²) in [5.74, 6) is 0.921. The van der Waals surface area contributed by atoms with E-state index in [0.29, 0.717) is 18.0 Å². The molecule has 0 aliphatic heterocycles. The van der Waals surface area contributed by atoms with Crippen LogP contribution < -0.4 is 15.0 Å². The minimum Gasteiger partial charge on any atom is -0.457 e. The molecule has 0 fully saturated rings. The van der Waals surface area contributed by atoms with E-state index in [-0.39, 0.29) is 5.82 Å². The Morgan fingerprint density at radius 1 is 1.10 bits per heavy atom. The Morgan fingerprint density at radius 2 is 1.90 bits per heavy atom. The summed E-state index contributed by atoms with van der Waals surface area (Å²) in [6.45, 7) is 3.49. The van der Waals surface area contributed by atoms with Gasteiger partial charge in [-0.25, -0.2) is 4.39 Å². The van der Waals surface area contributed by atoms with Gasteiger partial charge in [0.05, 0.1) is 0 Å². The van der Waals surface area contributed by atoms with Crippen molar-refractivity contribution in [3.63, 3.8) is 0 Å². The Kier molecular flexibility index (Phi) is 5.17. The zero-order valence-corrected chi connectivity index (χ0v) is 12.7. The zero-order valence-electron chi connectivity index (χ0n) is 12.7. The van der Waals surface area contributed by atoms with Crippen molar-refractivity contribution in [3.05, 3.63) is 53.8 Å². The van der Waals surface area contributed by atoms with Crippen LogP contribution in [0, 0.1) is 5.82 Å². The molecule has 0 aromatic heterocycles. The minimum atomic E-state index is -0.288.